The van der Waals surface area contributed by atoms with Crippen molar-refractivity contribution in [3.05, 3.63) is 35.4 Å². The lowest BCUT2D eigenvalue weighted by molar-refractivity contribution is -0.160. The second-order valence-electron chi connectivity index (χ2n) is 6.96. The van der Waals surface area contributed by atoms with E-state index in [2.05, 4.69) is 0 Å². The van der Waals surface area contributed by atoms with Crippen LogP contribution in [0, 0.1) is 17.0 Å². The van der Waals surface area contributed by atoms with Gasteiger partial charge in [-0.15, -0.1) is 0 Å². The summed E-state index contributed by atoms with van der Waals surface area (Å²) in [4.78, 5) is 15.0. The zero-order valence-corrected chi connectivity index (χ0v) is 13.6. The number of hydrogen-bond donors (Lipinski definition) is 0. The molecule has 0 aromatic heterocycles. The maximum absolute atomic E-state index is 13.6. The number of carbonyl (C=O) groups is 1. The van der Waals surface area contributed by atoms with Gasteiger partial charge in [0, 0.05) is 25.3 Å². The first-order chi connectivity index (χ1) is 10.9. The van der Waals surface area contributed by atoms with Gasteiger partial charge < -0.3 is 9.64 Å². The van der Waals surface area contributed by atoms with Gasteiger partial charge in [-0.05, 0) is 57.2 Å². The van der Waals surface area contributed by atoms with Crippen LogP contribution < -0.4 is 0 Å². The topological polar surface area (TPSA) is 29.5 Å². The maximum Gasteiger partial charge on any atom is 0.229 e. The van der Waals surface area contributed by atoms with E-state index in [1.165, 1.54) is 12.1 Å². The summed E-state index contributed by atoms with van der Waals surface area (Å²) in [5.41, 5.74) is 0.191. The minimum Gasteiger partial charge on any atom is -0.381 e. The largest absolute Gasteiger partial charge is 0.381 e. The summed E-state index contributed by atoms with van der Waals surface area (Å²) < 4.78 is 32.6. The molecule has 23 heavy (non-hydrogen) atoms. The van der Waals surface area contributed by atoms with E-state index in [-0.39, 0.29) is 23.4 Å². The van der Waals surface area contributed by atoms with Gasteiger partial charge in [0.25, 0.3) is 0 Å². The van der Waals surface area contributed by atoms with E-state index in [4.69, 9.17) is 4.74 Å². The highest BCUT2D eigenvalue weighted by atomic mass is 19.1. The van der Waals surface area contributed by atoms with Crippen LogP contribution in [0.5, 0.6) is 0 Å². The molecule has 2 saturated heterocycles. The number of halogens is 2. The molecule has 0 unspecified atom stereocenters. The van der Waals surface area contributed by atoms with Crippen LogP contribution in [0.4, 0.5) is 8.78 Å². The van der Waals surface area contributed by atoms with Crippen LogP contribution in [-0.2, 0) is 9.53 Å². The second-order valence-corrected chi connectivity index (χ2v) is 6.96. The number of nitrogens with zero attached hydrogens (tertiary/aromatic N) is 1. The van der Waals surface area contributed by atoms with Crippen LogP contribution in [0.15, 0.2) is 18.2 Å². The Balaban J connectivity index is 1.94. The van der Waals surface area contributed by atoms with E-state index in [0.717, 1.165) is 31.7 Å². The predicted molar refractivity (Wildman–Crippen MR) is 82.8 cm³/mol. The van der Waals surface area contributed by atoms with E-state index in [1.54, 1.807) is 0 Å². The molecular formula is C18H23F2NO2. The summed E-state index contributed by atoms with van der Waals surface area (Å²) in [5, 5.41) is 0. The Morgan fingerprint density at radius 2 is 1.74 bits per heavy atom. The lowest BCUT2D eigenvalue weighted by atomic mass is 9.70. The van der Waals surface area contributed by atoms with Crippen molar-refractivity contribution in [1.82, 2.24) is 4.90 Å². The van der Waals surface area contributed by atoms with Crippen molar-refractivity contribution in [1.29, 1.82) is 0 Å². The second kappa shape index (κ2) is 6.19. The minimum atomic E-state index is -0.595. The van der Waals surface area contributed by atoms with E-state index in [9.17, 15) is 13.6 Å². The van der Waals surface area contributed by atoms with E-state index in [0.29, 0.717) is 18.8 Å². The molecule has 2 aliphatic heterocycles. The number of amides is 1. The molecule has 5 heteroatoms. The highest BCUT2D eigenvalue weighted by molar-refractivity contribution is 5.84. The molecule has 126 valence electrons. The van der Waals surface area contributed by atoms with Crippen LogP contribution in [-0.4, -0.2) is 30.1 Å². The van der Waals surface area contributed by atoms with Crippen molar-refractivity contribution < 1.29 is 18.3 Å². The highest BCUT2D eigenvalue weighted by Gasteiger charge is 2.48. The predicted octanol–water partition coefficient (Wildman–Crippen LogP) is 3.83. The number of hydrogen-bond acceptors (Lipinski definition) is 2. The number of carbonyl (C=O) groups excluding carboxylic acids is 1. The van der Waals surface area contributed by atoms with Crippen molar-refractivity contribution >= 4 is 5.91 Å². The van der Waals surface area contributed by atoms with Crippen LogP contribution in [0.3, 0.4) is 0 Å². The molecule has 0 radical (unpaired) electrons. The number of likely N-dealkylation sites (tertiary alicyclic amines) is 1. The molecular weight excluding hydrogens is 300 g/mol. The van der Waals surface area contributed by atoms with Crippen molar-refractivity contribution in [3.8, 4) is 0 Å². The standard InChI is InChI=1S/C18H23F2NO2/c1-12(2)21-16(13-9-14(19)11-15(20)10-13)3-4-18(17(21)22)5-7-23-8-6-18/h9-12,16H,3-8H2,1-2H3/t16-/m0/s1. The van der Waals surface area contributed by atoms with Gasteiger partial charge >= 0.3 is 0 Å². The summed E-state index contributed by atoms with van der Waals surface area (Å²) in [5.74, 6) is -1.08. The molecule has 0 saturated carbocycles. The third kappa shape index (κ3) is 2.99. The maximum atomic E-state index is 13.6. The lowest BCUT2D eigenvalue weighted by Gasteiger charge is -2.49. The summed E-state index contributed by atoms with van der Waals surface area (Å²) in [6.07, 6.45) is 2.95. The molecule has 1 atom stereocenters. The Morgan fingerprint density at radius 1 is 1.13 bits per heavy atom. The fraction of sp³-hybridized carbons (Fsp3) is 0.611. The number of ether oxygens (including phenoxy) is 1. The summed E-state index contributed by atoms with van der Waals surface area (Å²) in [7, 11) is 0. The molecule has 1 aromatic rings. The molecule has 2 fully saturated rings. The molecule has 2 heterocycles. The zero-order chi connectivity index (χ0) is 16.6. The monoisotopic (exact) mass is 323 g/mol. The van der Waals surface area contributed by atoms with Crippen LogP contribution >= 0.6 is 0 Å². The van der Waals surface area contributed by atoms with Crippen LogP contribution in [0.25, 0.3) is 0 Å². The normalized spacial score (nSPS) is 24.5. The van der Waals surface area contributed by atoms with Gasteiger partial charge in [-0.1, -0.05) is 0 Å². The molecule has 2 aliphatic rings. The average molecular weight is 323 g/mol. The molecule has 0 N–H and O–H groups in total. The van der Waals surface area contributed by atoms with E-state index in [1.807, 2.05) is 18.7 Å². The van der Waals surface area contributed by atoms with Crippen molar-refractivity contribution in [2.24, 2.45) is 5.41 Å². The Bertz CT molecular complexity index is 576. The Labute approximate surface area is 135 Å². The molecule has 3 rings (SSSR count). The van der Waals surface area contributed by atoms with Gasteiger partial charge in [0.05, 0.1) is 11.5 Å². The lowest BCUT2D eigenvalue weighted by Crippen LogP contribution is -2.54. The van der Waals surface area contributed by atoms with Gasteiger partial charge in [-0.2, -0.15) is 0 Å². The Hall–Kier alpha value is -1.49. The number of benzene rings is 1. The molecule has 0 bridgehead atoms. The first-order valence-corrected chi connectivity index (χ1v) is 8.29. The van der Waals surface area contributed by atoms with Crippen LogP contribution in [0.2, 0.25) is 0 Å². The smallest absolute Gasteiger partial charge is 0.229 e. The van der Waals surface area contributed by atoms with Crippen molar-refractivity contribution in [2.75, 3.05) is 13.2 Å². The van der Waals surface area contributed by atoms with Gasteiger partial charge in [0.15, 0.2) is 0 Å². The fourth-order valence-corrected chi connectivity index (χ4v) is 3.99. The summed E-state index contributed by atoms with van der Waals surface area (Å²) in [6, 6.07) is 3.28. The fourth-order valence-electron chi connectivity index (χ4n) is 3.99. The van der Waals surface area contributed by atoms with Crippen molar-refractivity contribution in [2.45, 2.75) is 51.6 Å². The Kier molecular flexibility index (Phi) is 4.41. The average Bonchev–Trinajstić information content (AvgIpc) is 2.49. The van der Waals surface area contributed by atoms with E-state index >= 15 is 0 Å². The molecule has 3 nitrogen and oxygen atoms in total. The summed E-state index contributed by atoms with van der Waals surface area (Å²) >= 11 is 0. The van der Waals surface area contributed by atoms with Gasteiger partial charge in [-0.25, -0.2) is 8.78 Å². The number of rotatable bonds is 2. The first kappa shape index (κ1) is 16.4. The third-order valence-electron chi connectivity index (χ3n) is 5.20. The van der Waals surface area contributed by atoms with Gasteiger partial charge in [0.2, 0.25) is 5.91 Å². The molecule has 1 spiro atoms. The molecule has 1 amide bonds. The highest BCUT2D eigenvalue weighted by Crippen LogP contribution is 2.47. The summed E-state index contributed by atoms with van der Waals surface area (Å²) in [6.45, 7) is 5.13. The SMILES string of the molecule is CC(C)N1C(=O)C2(CCOCC2)CC[C@H]1c1cc(F)cc(F)c1. The van der Waals surface area contributed by atoms with Crippen molar-refractivity contribution in [3.63, 3.8) is 0 Å². The molecule has 0 aliphatic carbocycles. The minimum absolute atomic E-state index is 0.0150. The molecule has 1 aromatic carbocycles. The number of piperidine rings is 1. The quantitative estimate of drug-likeness (QED) is 0.828. The van der Waals surface area contributed by atoms with Gasteiger partial charge in [0.1, 0.15) is 11.6 Å². The first-order valence-electron chi connectivity index (χ1n) is 8.29. The van der Waals surface area contributed by atoms with Gasteiger partial charge in [-0.3, -0.25) is 4.79 Å². The van der Waals surface area contributed by atoms with E-state index < -0.39 is 11.6 Å². The zero-order valence-electron chi connectivity index (χ0n) is 13.6. The Morgan fingerprint density at radius 3 is 2.30 bits per heavy atom. The van der Waals surface area contributed by atoms with Crippen LogP contribution in [0.1, 0.15) is 51.1 Å². The third-order valence-corrected chi connectivity index (χ3v) is 5.20.